The van der Waals surface area contributed by atoms with Gasteiger partial charge in [0.15, 0.2) is 5.82 Å². The number of hydrogen-bond donors (Lipinski definition) is 1. The van der Waals surface area contributed by atoms with E-state index in [1.165, 1.54) is 12.4 Å². The van der Waals surface area contributed by atoms with Gasteiger partial charge < -0.3 is 14.7 Å². The maximum atomic E-state index is 10.6. The molecule has 1 aliphatic rings. The van der Waals surface area contributed by atoms with E-state index in [0.717, 1.165) is 13.1 Å². The van der Waals surface area contributed by atoms with Gasteiger partial charge in [0.25, 0.3) is 0 Å². The van der Waals surface area contributed by atoms with Crippen LogP contribution in [-0.2, 0) is 4.74 Å². The molecule has 0 spiro atoms. The Kier molecular flexibility index (Phi) is 3.12. The lowest BCUT2D eigenvalue weighted by Crippen LogP contribution is -2.36. The maximum absolute atomic E-state index is 10.6. The van der Waals surface area contributed by atoms with E-state index in [1.54, 1.807) is 0 Å². The van der Waals surface area contributed by atoms with E-state index in [9.17, 15) is 4.79 Å². The van der Waals surface area contributed by atoms with Gasteiger partial charge in [0, 0.05) is 25.5 Å². The number of ether oxygens (including phenoxy) is 1. The van der Waals surface area contributed by atoms with Crippen molar-refractivity contribution in [3.8, 4) is 0 Å². The molecule has 1 saturated heterocycles. The van der Waals surface area contributed by atoms with Crippen molar-refractivity contribution in [2.24, 2.45) is 0 Å². The molecule has 1 atom stereocenters. The van der Waals surface area contributed by atoms with Gasteiger partial charge in [-0.05, 0) is 7.05 Å². The summed E-state index contributed by atoms with van der Waals surface area (Å²) in [5.74, 6) is -0.482. The molecule has 0 bridgehead atoms. The first-order valence-electron chi connectivity index (χ1n) is 5.02. The Morgan fingerprint density at radius 2 is 2.25 bits per heavy atom. The fourth-order valence-corrected chi connectivity index (χ4v) is 1.55. The quantitative estimate of drug-likeness (QED) is 0.770. The van der Waals surface area contributed by atoms with Crippen LogP contribution >= 0.6 is 0 Å². The largest absolute Gasteiger partial charge is 0.478 e. The summed E-state index contributed by atoms with van der Waals surface area (Å²) in [6.45, 7) is 2.27. The van der Waals surface area contributed by atoms with E-state index in [0.29, 0.717) is 12.4 Å². The molecule has 1 N–H and O–H groups in total. The zero-order valence-corrected chi connectivity index (χ0v) is 8.96. The Morgan fingerprint density at radius 3 is 2.81 bits per heavy atom. The van der Waals surface area contributed by atoms with Crippen LogP contribution in [0.2, 0.25) is 0 Å². The molecule has 2 heterocycles. The number of hydrogen-bond acceptors (Lipinski definition) is 5. The van der Waals surface area contributed by atoms with Gasteiger partial charge in [0.05, 0.1) is 12.2 Å². The van der Waals surface area contributed by atoms with E-state index < -0.39 is 5.97 Å². The Bertz CT molecular complexity index is 379. The lowest BCUT2D eigenvalue weighted by molar-refractivity contribution is -0.0255. The van der Waals surface area contributed by atoms with Crippen LogP contribution in [0.4, 0.5) is 0 Å². The highest BCUT2D eigenvalue weighted by Gasteiger charge is 2.21. The minimum absolute atomic E-state index is 0.0907. The van der Waals surface area contributed by atoms with Crippen molar-refractivity contribution in [3.05, 3.63) is 23.8 Å². The van der Waals surface area contributed by atoms with E-state index in [1.807, 2.05) is 7.05 Å². The molecule has 2 rings (SSSR count). The normalized spacial score (nSPS) is 21.9. The number of rotatable bonds is 2. The summed E-state index contributed by atoms with van der Waals surface area (Å²) in [7, 11) is 2.00. The second-order valence-corrected chi connectivity index (χ2v) is 3.76. The van der Waals surface area contributed by atoms with Gasteiger partial charge in [0.2, 0.25) is 0 Å². The first-order chi connectivity index (χ1) is 7.66. The highest BCUT2D eigenvalue weighted by Crippen LogP contribution is 2.17. The van der Waals surface area contributed by atoms with Crippen molar-refractivity contribution in [2.45, 2.75) is 6.10 Å². The Labute approximate surface area is 92.9 Å². The average Bonchev–Trinajstić information content (AvgIpc) is 2.29. The van der Waals surface area contributed by atoms with E-state index >= 15 is 0 Å². The number of likely N-dealkylation sites (N-methyl/N-ethyl adjacent to an activating group) is 1. The van der Waals surface area contributed by atoms with Crippen molar-refractivity contribution in [1.29, 1.82) is 0 Å². The molecule has 1 aromatic rings. The predicted octanol–water partition coefficient (Wildman–Crippen LogP) is 0.178. The first-order valence-corrected chi connectivity index (χ1v) is 5.02. The minimum atomic E-state index is -1.02. The third-order valence-corrected chi connectivity index (χ3v) is 2.48. The van der Waals surface area contributed by atoms with Gasteiger partial charge in [-0.15, -0.1) is 0 Å². The molecule has 1 aromatic heterocycles. The number of carbonyl (C=O) groups is 1. The summed E-state index contributed by atoms with van der Waals surface area (Å²) in [5, 5.41) is 8.71. The number of carboxylic acids is 1. The summed E-state index contributed by atoms with van der Waals surface area (Å²) in [6, 6.07) is 0. The molecule has 86 valence electrons. The van der Waals surface area contributed by atoms with Crippen LogP contribution in [0.3, 0.4) is 0 Å². The molecule has 0 aromatic carbocycles. The smallest absolute Gasteiger partial charge is 0.338 e. The molecule has 1 aliphatic heterocycles. The third-order valence-electron chi connectivity index (χ3n) is 2.48. The van der Waals surface area contributed by atoms with Crippen LogP contribution in [0.15, 0.2) is 12.4 Å². The van der Waals surface area contributed by atoms with Crippen molar-refractivity contribution >= 4 is 5.97 Å². The number of carboxylic acid groups (broad SMARTS) is 1. The average molecular weight is 223 g/mol. The zero-order chi connectivity index (χ0) is 11.5. The lowest BCUT2D eigenvalue weighted by atomic mass is 10.2. The standard InChI is InChI=1S/C10H13N3O3/c1-13-2-3-16-8(6-13)9-11-4-7(5-12-9)10(14)15/h4-5,8H,2-3,6H2,1H3,(H,14,15). The predicted molar refractivity (Wildman–Crippen MR) is 55.2 cm³/mol. The van der Waals surface area contributed by atoms with Gasteiger partial charge in [-0.25, -0.2) is 14.8 Å². The van der Waals surface area contributed by atoms with Gasteiger partial charge in [-0.1, -0.05) is 0 Å². The molecule has 0 aliphatic carbocycles. The van der Waals surface area contributed by atoms with Gasteiger partial charge >= 0.3 is 5.97 Å². The molecule has 0 saturated carbocycles. The summed E-state index contributed by atoms with van der Waals surface area (Å²) < 4.78 is 5.52. The Hall–Kier alpha value is -1.53. The summed E-state index contributed by atoms with van der Waals surface area (Å²) in [4.78, 5) is 20.8. The van der Waals surface area contributed by atoms with Crippen LogP contribution in [-0.4, -0.2) is 52.7 Å². The highest BCUT2D eigenvalue weighted by atomic mass is 16.5. The molecule has 1 fully saturated rings. The van der Waals surface area contributed by atoms with Crippen molar-refractivity contribution < 1.29 is 14.6 Å². The molecular weight excluding hydrogens is 210 g/mol. The lowest BCUT2D eigenvalue weighted by Gasteiger charge is -2.28. The van der Waals surface area contributed by atoms with Gasteiger partial charge in [-0.3, -0.25) is 0 Å². The summed E-state index contributed by atoms with van der Waals surface area (Å²) >= 11 is 0. The Morgan fingerprint density at radius 1 is 1.56 bits per heavy atom. The third kappa shape index (κ3) is 2.34. The SMILES string of the molecule is CN1CCOC(c2ncc(C(=O)O)cn2)C1. The van der Waals surface area contributed by atoms with Gasteiger partial charge in [0.1, 0.15) is 6.10 Å². The molecule has 6 nitrogen and oxygen atoms in total. The molecule has 16 heavy (non-hydrogen) atoms. The van der Waals surface area contributed by atoms with Crippen LogP contribution in [0.5, 0.6) is 0 Å². The van der Waals surface area contributed by atoms with Crippen LogP contribution in [0, 0.1) is 0 Å². The van der Waals surface area contributed by atoms with E-state index in [2.05, 4.69) is 14.9 Å². The monoisotopic (exact) mass is 223 g/mol. The van der Waals surface area contributed by atoms with Crippen LogP contribution < -0.4 is 0 Å². The fraction of sp³-hybridized carbons (Fsp3) is 0.500. The number of morpholine rings is 1. The van der Waals surface area contributed by atoms with Crippen molar-refractivity contribution in [3.63, 3.8) is 0 Å². The summed E-state index contributed by atoms with van der Waals surface area (Å²) in [5.41, 5.74) is 0.0907. The van der Waals surface area contributed by atoms with Crippen molar-refractivity contribution in [1.82, 2.24) is 14.9 Å². The van der Waals surface area contributed by atoms with Crippen molar-refractivity contribution in [2.75, 3.05) is 26.7 Å². The number of aromatic nitrogens is 2. The molecular formula is C10H13N3O3. The number of nitrogens with zero attached hydrogens (tertiary/aromatic N) is 3. The molecule has 1 unspecified atom stereocenters. The Balaban J connectivity index is 2.11. The van der Waals surface area contributed by atoms with Gasteiger partial charge in [-0.2, -0.15) is 0 Å². The first kappa shape index (κ1) is 11.0. The minimum Gasteiger partial charge on any atom is -0.478 e. The second-order valence-electron chi connectivity index (χ2n) is 3.76. The molecule has 0 amide bonds. The fourth-order valence-electron chi connectivity index (χ4n) is 1.55. The summed E-state index contributed by atoms with van der Waals surface area (Å²) in [6.07, 6.45) is 2.45. The molecule has 6 heteroatoms. The maximum Gasteiger partial charge on any atom is 0.338 e. The van der Waals surface area contributed by atoms with E-state index in [4.69, 9.17) is 9.84 Å². The van der Waals surface area contributed by atoms with Crippen LogP contribution in [0.25, 0.3) is 0 Å². The zero-order valence-electron chi connectivity index (χ0n) is 8.96. The topological polar surface area (TPSA) is 75.5 Å². The van der Waals surface area contributed by atoms with Crippen LogP contribution in [0.1, 0.15) is 22.3 Å². The highest BCUT2D eigenvalue weighted by molar-refractivity contribution is 5.86. The second kappa shape index (κ2) is 4.54. The molecule has 0 radical (unpaired) electrons. The van der Waals surface area contributed by atoms with E-state index in [-0.39, 0.29) is 11.7 Å². The number of aromatic carboxylic acids is 1.